The van der Waals surface area contributed by atoms with Gasteiger partial charge in [-0.05, 0) is 61.8 Å². The molecule has 1 aliphatic rings. The van der Waals surface area contributed by atoms with Gasteiger partial charge in [0.05, 0.1) is 25.6 Å². The van der Waals surface area contributed by atoms with Gasteiger partial charge in [-0.3, -0.25) is 19.7 Å². The van der Waals surface area contributed by atoms with Crippen LogP contribution in [0.15, 0.2) is 30.3 Å². The zero-order chi connectivity index (χ0) is 28.4. The Morgan fingerprint density at radius 3 is 2.64 bits per heavy atom. The van der Waals surface area contributed by atoms with E-state index in [1.54, 1.807) is 14.2 Å². The van der Waals surface area contributed by atoms with Gasteiger partial charge in [0.1, 0.15) is 0 Å². The van der Waals surface area contributed by atoms with E-state index in [4.69, 9.17) is 9.47 Å². The molecule has 0 radical (unpaired) electrons. The monoisotopic (exact) mass is 541 g/mol. The fraction of sp³-hybridized carbons (Fsp3) is 0.517. The second-order valence-corrected chi connectivity index (χ2v) is 9.84. The number of unbranched alkanes of at least 4 members (excludes halogenated alkanes) is 2. The van der Waals surface area contributed by atoms with Crippen molar-refractivity contribution in [2.45, 2.75) is 70.8 Å². The van der Waals surface area contributed by atoms with E-state index in [9.17, 15) is 24.8 Å². The Labute approximate surface area is 229 Å². The van der Waals surface area contributed by atoms with E-state index in [0.717, 1.165) is 63.0 Å². The van der Waals surface area contributed by atoms with Crippen LogP contribution in [0.1, 0.15) is 62.1 Å². The summed E-state index contributed by atoms with van der Waals surface area (Å²) in [5.74, 6) is 1.02. The zero-order valence-corrected chi connectivity index (χ0v) is 23.0. The van der Waals surface area contributed by atoms with Gasteiger partial charge < -0.3 is 24.8 Å². The highest BCUT2D eigenvalue weighted by Crippen LogP contribution is 2.38. The lowest BCUT2D eigenvalue weighted by Crippen LogP contribution is -2.43. The number of nitrogens with zero attached hydrogens (tertiary/aromatic N) is 2. The average molecular weight is 542 g/mol. The van der Waals surface area contributed by atoms with E-state index in [1.807, 2.05) is 11.0 Å². The summed E-state index contributed by atoms with van der Waals surface area (Å²) in [5, 5.41) is 23.3. The Morgan fingerprint density at radius 1 is 1.15 bits per heavy atom. The molecule has 0 unspecified atom stereocenters. The zero-order valence-electron chi connectivity index (χ0n) is 23.0. The van der Waals surface area contributed by atoms with Gasteiger partial charge in [0.2, 0.25) is 11.8 Å². The number of rotatable bonds is 14. The van der Waals surface area contributed by atoms with Gasteiger partial charge in [-0.1, -0.05) is 25.5 Å². The van der Waals surface area contributed by atoms with Crippen molar-refractivity contribution in [1.29, 1.82) is 0 Å². The Balaban J connectivity index is 1.43. The highest BCUT2D eigenvalue weighted by molar-refractivity contribution is 5.79. The Hall–Kier alpha value is -3.82. The van der Waals surface area contributed by atoms with Crippen LogP contribution in [-0.2, 0) is 28.9 Å². The molecule has 10 nitrogen and oxygen atoms in total. The van der Waals surface area contributed by atoms with Crippen LogP contribution in [0, 0.1) is 10.1 Å². The van der Waals surface area contributed by atoms with Crippen LogP contribution in [0.4, 0.5) is 5.69 Å². The molecule has 0 saturated heterocycles. The van der Waals surface area contributed by atoms with Crippen LogP contribution in [-0.4, -0.2) is 60.1 Å². The molecule has 1 atom stereocenters. The number of phenolic OH excluding ortho intramolecular Hbond substituents is 1. The van der Waals surface area contributed by atoms with E-state index in [2.05, 4.69) is 18.3 Å². The van der Waals surface area contributed by atoms with Crippen molar-refractivity contribution < 1.29 is 29.1 Å². The molecule has 0 aromatic heterocycles. The maximum absolute atomic E-state index is 13.2. The number of nitrogens with one attached hydrogen (secondary N) is 1. The van der Waals surface area contributed by atoms with E-state index in [-0.39, 0.29) is 24.3 Å². The SMILES string of the molecule is CCCN(C(=O)CCCCCNC(=O)Cc1ccc(O)c([N+](=O)[O-])c1)[C@H]1CCc2c(ccc(OC)c2OC)C1. The summed E-state index contributed by atoms with van der Waals surface area (Å²) in [6.07, 6.45) is 6.18. The van der Waals surface area contributed by atoms with Crippen LogP contribution >= 0.6 is 0 Å². The Kier molecular flexibility index (Phi) is 11.0. The molecule has 2 amide bonds. The molecule has 212 valence electrons. The molecule has 2 N–H and O–H groups in total. The highest BCUT2D eigenvalue weighted by atomic mass is 16.6. The minimum atomic E-state index is -0.679. The molecule has 1 aliphatic carbocycles. The first-order chi connectivity index (χ1) is 18.8. The van der Waals surface area contributed by atoms with Crippen molar-refractivity contribution in [1.82, 2.24) is 10.2 Å². The molecule has 0 heterocycles. The van der Waals surface area contributed by atoms with Crippen molar-refractivity contribution in [3.63, 3.8) is 0 Å². The molecule has 0 saturated carbocycles. The number of benzene rings is 2. The molecule has 2 aromatic rings. The van der Waals surface area contributed by atoms with Crippen LogP contribution in [0.5, 0.6) is 17.2 Å². The highest BCUT2D eigenvalue weighted by Gasteiger charge is 2.29. The molecular formula is C29H39N3O7. The number of hydrogen-bond donors (Lipinski definition) is 2. The van der Waals surface area contributed by atoms with Gasteiger partial charge in [-0.15, -0.1) is 0 Å². The number of carbonyl (C=O) groups excluding carboxylic acids is 2. The van der Waals surface area contributed by atoms with Gasteiger partial charge in [0.15, 0.2) is 17.2 Å². The van der Waals surface area contributed by atoms with Crippen LogP contribution in [0.3, 0.4) is 0 Å². The number of hydrogen-bond acceptors (Lipinski definition) is 7. The molecule has 0 spiro atoms. The second-order valence-electron chi connectivity index (χ2n) is 9.84. The summed E-state index contributed by atoms with van der Waals surface area (Å²) in [6.45, 7) is 3.29. The number of carbonyl (C=O) groups is 2. The molecular weight excluding hydrogens is 502 g/mol. The van der Waals surface area contributed by atoms with Crippen LogP contribution < -0.4 is 14.8 Å². The Bertz CT molecular complexity index is 1170. The smallest absolute Gasteiger partial charge is 0.310 e. The van der Waals surface area contributed by atoms with Gasteiger partial charge in [0.25, 0.3) is 0 Å². The maximum atomic E-state index is 13.2. The van der Waals surface area contributed by atoms with Crippen molar-refractivity contribution in [3.05, 3.63) is 57.1 Å². The first-order valence-electron chi connectivity index (χ1n) is 13.5. The van der Waals surface area contributed by atoms with Crippen molar-refractivity contribution in [2.24, 2.45) is 0 Å². The largest absolute Gasteiger partial charge is 0.502 e. The third kappa shape index (κ3) is 7.84. The maximum Gasteiger partial charge on any atom is 0.310 e. The first-order valence-corrected chi connectivity index (χ1v) is 13.5. The quantitative estimate of drug-likeness (QED) is 0.207. The lowest BCUT2D eigenvalue weighted by atomic mass is 9.86. The fourth-order valence-electron chi connectivity index (χ4n) is 5.20. The average Bonchev–Trinajstić information content (AvgIpc) is 2.93. The van der Waals surface area contributed by atoms with Crippen molar-refractivity contribution in [3.8, 4) is 17.2 Å². The summed E-state index contributed by atoms with van der Waals surface area (Å²) < 4.78 is 11.0. The minimum absolute atomic E-state index is 0.00520. The topological polar surface area (TPSA) is 131 Å². The van der Waals surface area contributed by atoms with Gasteiger partial charge in [-0.25, -0.2) is 0 Å². The predicted octanol–water partition coefficient (Wildman–Crippen LogP) is 4.33. The van der Waals surface area contributed by atoms with E-state index >= 15 is 0 Å². The number of amides is 2. The normalized spacial score (nSPS) is 14.3. The molecule has 0 aliphatic heterocycles. The van der Waals surface area contributed by atoms with Crippen LogP contribution in [0.2, 0.25) is 0 Å². The number of ether oxygens (including phenoxy) is 2. The lowest BCUT2D eigenvalue weighted by Gasteiger charge is -2.36. The standard InChI is InChI=1S/C29H39N3O7/c1-4-16-31(22-11-12-23-21(19-22)10-14-26(38-2)29(23)39-3)28(35)8-6-5-7-15-30-27(34)18-20-9-13-25(33)24(17-20)32(36)37/h9-10,13-14,17,22,33H,4-8,11-12,15-16,18-19H2,1-3H3,(H,30,34)/t22-/m0/s1. The molecule has 3 rings (SSSR count). The second kappa shape index (κ2) is 14.4. The molecule has 10 heteroatoms. The number of nitro benzene ring substituents is 1. The minimum Gasteiger partial charge on any atom is -0.502 e. The first kappa shape index (κ1) is 29.7. The van der Waals surface area contributed by atoms with E-state index in [1.165, 1.54) is 29.3 Å². The molecule has 0 fully saturated rings. The fourth-order valence-corrected chi connectivity index (χ4v) is 5.20. The van der Waals surface area contributed by atoms with Crippen molar-refractivity contribution >= 4 is 17.5 Å². The van der Waals surface area contributed by atoms with Gasteiger partial charge >= 0.3 is 5.69 Å². The number of nitro groups is 1. The van der Waals surface area contributed by atoms with Gasteiger partial charge in [-0.2, -0.15) is 0 Å². The predicted molar refractivity (Wildman–Crippen MR) is 147 cm³/mol. The molecule has 2 aromatic carbocycles. The number of phenols is 1. The van der Waals surface area contributed by atoms with Gasteiger partial charge in [0, 0.05) is 37.2 Å². The number of aromatic hydroxyl groups is 1. The van der Waals surface area contributed by atoms with Crippen LogP contribution in [0.25, 0.3) is 0 Å². The summed E-state index contributed by atoms with van der Waals surface area (Å²) in [6, 6.07) is 8.10. The summed E-state index contributed by atoms with van der Waals surface area (Å²) >= 11 is 0. The third-order valence-corrected chi connectivity index (χ3v) is 7.14. The summed E-state index contributed by atoms with van der Waals surface area (Å²) in [4.78, 5) is 37.7. The lowest BCUT2D eigenvalue weighted by molar-refractivity contribution is -0.385. The molecule has 0 bridgehead atoms. The number of methoxy groups -OCH3 is 2. The van der Waals surface area contributed by atoms with E-state index in [0.29, 0.717) is 18.5 Å². The Morgan fingerprint density at radius 2 is 1.95 bits per heavy atom. The van der Waals surface area contributed by atoms with Crippen molar-refractivity contribution in [2.75, 3.05) is 27.3 Å². The summed E-state index contributed by atoms with van der Waals surface area (Å²) in [5.41, 5.74) is 2.42. The third-order valence-electron chi connectivity index (χ3n) is 7.14. The number of fused-ring (bicyclic) bond motifs is 1. The summed E-state index contributed by atoms with van der Waals surface area (Å²) in [7, 11) is 3.30. The van der Waals surface area contributed by atoms with E-state index < -0.39 is 16.4 Å². The molecule has 39 heavy (non-hydrogen) atoms.